The predicted molar refractivity (Wildman–Crippen MR) is 118 cm³/mol. The van der Waals surface area contributed by atoms with Crippen LogP contribution in [0.5, 0.6) is 0 Å². The molecule has 1 aliphatic heterocycles. The summed E-state index contributed by atoms with van der Waals surface area (Å²) in [6, 6.07) is 9.76. The van der Waals surface area contributed by atoms with Crippen LogP contribution in [0.1, 0.15) is 31.5 Å². The number of rotatable bonds is 6. The van der Waals surface area contributed by atoms with Gasteiger partial charge in [-0.3, -0.25) is 4.79 Å². The first kappa shape index (κ1) is 23.7. The van der Waals surface area contributed by atoms with Gasteiger partial charge < -0.3 is 20.4 Å². The quantitative estimate of drug-likeness (QED) is 0.722. The summed E-state index contributed by atoms with van der Waals surface area (Å²) < 4.78 is 7.81. The number of aromatic nitrogens is 2. The molecule has 2 fully saturated rings. The number of imidazole rings is 1. The Labute approximate surface area is 184 Å². The number of amides is 1. The average molecular weight is 441 g/mol. The molecular formula is C21H30Cl2N4O2. The molecule has 29 heavy (non-hydrogen) atoms. The van der Waals surface area contributed by atoms with E-state index in [1.54, 1.807) is 6.33 Å². The van der Waals surface area contributed by atoms with Gasteiger partial charge in [0.1, 0.15) is 0 Å². The number of carbonyl (C=O) groups is 1. The number of nitrogens with one attached hydrogen (secondary N) is 1. The van der Waals surface area contributed by atoms with Crippen LogP contribution < -0.4 is 11.1 Å². The van der Waals surface area contributed by atoms with Crippen molar-refractivity contribution in [2.24, 2.45) is 17.1 Å². The molecule has 1 amide bonds. The zero-order chi connectivity index (χ0) is 19.0. The fraction of sp³-hybridized carbons (Fsp3) is 0.524. The smallest absolute Gasteiger partial charge is 0.237 e. The van der Waals surface area contributed by atoms with Crippen LogP contribution in [-0.2, 0) is 22.5 Å². The molecule has 0 radical (unpaired) electrons. The number of hydrogen-bond acceptors (Lipinski definition) is 4. The van der Waals surface area contributed by atoms with E-state index in [2.05, 4.69) is 36.3 Å². The lowest BCUT2D eigenvalue weighted by Crippen LogP contribution is -2.68. The molecule has 160 valence electrons. The molecule has 1 aromatic carbocycles. The summed E-state index contributed by atoms with van der Waals surface area (Å²) in [6.07, 6.45) is 5.47. The topological polar surface area (TPSA) is 82.2 Å². The van der Waals surface area contributed by atoms with Crippen LogP contribution >= 0.6 is 24.8 Å². The Morgan fingerprint density at radius 1 is 1.34 bits per heavy atom. The van der Waals surface area contributed by atoms with E-state index in [4.69, 9.17) is 10.5 Å². The molecule has 2 aliphatic rings. The first-order valence-corrected chi connectivity index (χ1v) is 9.67. The number of benzene rings is 1. The van der Waals surface area contributed by atoms with Gasteiger partial charge >= 0.3 is 0 Å². The standard InChI is InChI=1S/C21H28N4O2.2ClH/c1-21(2)18(16-8-9-27-19(16)21)24-20(26)17(22)10-15-12-25(13-23-15)11-14-6-4-3-5-7-14;;/h3-7,12-13,16-19H,8-11,22H2,1-2H3,(H,24,26);2*1H/t16?,17-,18?,19?;;/m0../s1. The zero-order valence-corrected chi connectivity index (χ0v) is 18.4. The predicted octanol–water partition coefficient (Wildman–Crippen LogP) is 2.57. The summed E-state index contributed by atoms with van der Waals surface area (Å²) in [5, 5.41) is 3.17. The van der Waals surface area contributed by atoms with E-state index in [1.165, 1.54) is 5.56 Å². The number of halogens is 2. The number of hydrogen-bond donors (Lipinski definition) is 2. The lowest BCUT2D eigenvalue weighted by molar-refractivity contribution is -0.138. The Balaban J connectivity index is 0.00000150. The molecule has 6 nitrogen and oxygen atoms in total. The van der Waals surface area contributed by atoms with E-state index < -0.39 is 6.04 Å². The molecule has 1 saturated heterocycles. The summed E-state index contributed by atoms with van der Waals surface area (Å²) in [6.45, 7) is 5.85. The molecule has 3 N–H and O–H groups in total. The Hall–Kier alpha value is -1.60. The Bertz CT molecular complexity index is 812. The van der Waals surface area contributed by atoms with E-state index in [9.17, 15) is 4.79 Å². The summed E-state index contributed by atoms with van der Waals surface area (Å²) in [5.41, 5.74) is 8.19. The number of fused-ring (bicyclic) bond motifs is 1. The van der Waals surface area contributed by atoms with E-state index in [0.717, 1.165) is 25.3 Å². The van der Waals surface area contributed by atoms with Gasteiger partial charge in [0.2, 0.25) is 5.91 Å². The van der Waals surface area contributed by atoms with Gasteiger partial charge in [-0.05, 0) is 12.0 Å². The number of ether oxygens (including phenoxy) is 1. The normalized spacial score (nSPS) is 25.0. The third kappa shape index (κ3) is 4.77. The third-order valence-corrected chi connectivity index (χ3v) is 6.06. The van der Waals surface area contributed by atoms with Gasteiger partial charge in [0, 0.05) is 43.1 Å². The van der Waals surface area contributed by atoms with Gasteiger partial charge in [0.25, 0.3) is 0 Å². The Kier molecular flexibility index (Phi) is 7.74. The molecular weight excluding hydrogens is 411 g/mol. The van der Waals surface area contributed by atoms with Crippen molar-refractivity contribution in [2.75, 3.05) is 6.61 Å². The maximum atomic E-state index is 12.6. The van der Waals surface area contributed by atoms with Crippen molar-refractivity contribution in [1.82, 2.24) is 14.9 Å². The second kappa shape index (κ2) is 9.47. The minimum atomic E-state index is -0.595. The second-order valence-corrected chi connectivity index (χ2v) is 8.39. The van der Waals surface area contributed by atoms with E-state index >= 15 is 0 Å². The monoisotopic (exact) mass is 440 g/mol. The van der Waals surface area contributed by atoms with Gasteiger partial charge in [-0.25, -0.2) is 4.98 Å². The Morgan fingerprint density at radius 3 is 2.79 bits per heavy atom. The number of nitrogens with two attached hydrogens (primary N) is 1. The van der Waals surface area contributed by atoms with Gasteiger partial charge in [0.05, 0.1) is 24.2 Å². The highest BCUT2D eigenvalue weighted by atomic mass is 35.5. The van der Waals surface area contributed by atoms with Crippen molar-refractivity contribution in [1.29, 1.82) is 0 Å². The summed E-state index contributed by atoms with van der Waals surface area (Å²) in [7, 11) is 0. The maximum absolute atomic E-state index is 12.6. The number of nitrogens with zero attached hydrogens (tertiary/aromatic N) is 2. The molecule has 1 aliphatic carbocycles. The van der Waals surface area contributed by atoms with Crippen molar-refractivity contribution in [2.45, 2.75) is 51.4 Å². The lowest BCUT2D eigenvalue weighted by Gasteiger charge is -2.54. The summed E-state index contributed by atoms with van der Waals surface area (Å²) in [5.74, 6) is 0.317. The van der Waals surface area contributed by atoms with Crippen molar-refractivity contribution in [3.63, 3.8) is 0 Å². The van der Waals surface area contributed by atoms with E-state index in [-0.39, 0.29) is 48.3 Å². The van der Waals surface area contributed by atoms with Crippen LogP contribution in [0.4, 0.5) is 0 Å². The van der Waals surface area contributed by atoms with Crippen LogP contribution in [-0.4, -0.2) is 40.3 Å². The molecule has 1 aromatic heterocycles. The molecule has 8 heteroatoms. The SMILES string of the molecule is CC1(C)C(NC(=O)[C@@H](N)Cc2cn(Cc3ccccc3)cn2)C2CCOC21.Cl.Cl. The number of carbonyl (C=O) groups excluding carboxylic acids is 1. The molecule has 4 rings (SSSR count). The van der Waals surface area contributed by atoms with Crippen LogP contribution in [0, 0.1) is 11.3 Å². The van der Waals surface area contributed by atoms with Crippen molar-refractivity contribution >= 4 is 30.7 Å². The van der Waals surface area contributed by atoms with Gasteiger partial charge in [-0.15, -0.1) is 24.8 Å². The fourth-order valence-electron chi connectivity index (χ4n) is 4.59. The molecule has 2 aromatic rings. The molecule has 0 spiro atoms. The highest BCUT2D eigenvalue weighted by Crippen LogP contribution is 2.52. The first-order valence-electron chi connectivity index (χ1n) is 9.67. The molecule has 0 bridgehead atoms. The van der Waals surface area contributed by atoms with Gasteiger partial charge in [0.15, 0.2) is 0 Å². The third-order valence-electron chi connectivity index (χ3n) is 6.06. The zero-order valence-electron chi connectivity index (χ0n) is 16.8. The molecule has 4 atom stereocenters. The molecule has 1 saturated carbocycles. The minimum Gasteiger partial charge on any atom is -0.377 e. The summed E-state index contributed by atoms with van der Waals surface area (Å²) >= 11 is 0. The van der Waals surface area contributed by atoms with Crippen molar-refractivity contribution in [3.05, 3.63) is 54.1 Å². The minimum absolute atomic E-state index is 0. The largest absolute Gasteiger partial charge is 0.377 e. The van der Waals surface area contributed by atoms with Gasteiger partial charge in [-0.2, -0.15) is 0 Å². The average Bonchev–Trinajstić information content (AvgIpc) is 3.28. The Morgan fingerprint density at radius 2 is 2.07 bits per heavy atom. The van der Waals surface area contributed by atoms with Crippen molar-refractivity contribution < 1.29 is 9.53 Å². The van der Waals surface area contributed by atoms with Crippen LogP contribution in [0.3, 0.4) is 0 Å². The molecule has 3 unspecified atom stereocenters. The highest BCUT2D eigenvalue weighted by molar-refractivity contribution is 5.85. The van der Waals surface area contributed by atoms with Gasteiger partial charge in [-0.1, -0.05) is 44.2 Å². The lowest BCUT2D eigenvalue weighted by atomic mass is 9.57. The van der Waals surface area contributed by atoms with Crippen LogP contribution in [0.25, 0.3) is 0 Å². The summed E-state index contributed by atoms with van der Waals surface area (Å²) in [4.78, 5) is 17.0. The fourth-order valence-corrected chi connectivity index (χ4v) is 4.59. The van der Waals surface area contributed by atoms with Crippen LogP contribution in [0.15, 0.2) is 42.9 Å². The maximum Gasteiger partial charge on any atom is 0.237 e. The van der Waals surface area contributed by atoms with E-state index in [0.29, 0.717) is 12.3 Å². The first-order chi connectivity index (χ1) is 12.9. The molecule has 2 heterocycles. The van der Waals surface area contributed by atoms with Crippen LogP contribution in [0.2, 0.25) is 0 Å². The van der Waals surface area contributed by atoms with E-state index in [1.807, 2.05) is 29.0 Å². The van der Waals surface area contributed by atoms with Crippen molar-refractivity contribution in [3.8, 4) is 0 Å². The highest BCUT2D eigenvalue weighted by Gasteiger charge is 2.59. The second-order valence-electron chi connectivity index (χ2n) is 8.39.